The van der Waals surface area contributed by atoms with Gasteiger partial charge in [0.1, 0.15) is 0 Å². The molecule has 2 N–H and O–H groups in total. The lowest BCUT2D eigenvalue weighted by Crippen LogP contribution is -2.49. The van der Waals surface area contributed by atoms with Crippen LogP contribution in [0.25, 0.3) is 0 Å². The number of carbonyl (C=O) groups excluding carboxylic acids is 1. The van der Waals surface area contributed by atoms with Crippen LogP contribution < -0.4 is 5.32 Å². The molecule has 5 heteroatoms. The summed E-state index contributed by atoms with van der Waals surface area (Å²) in [4.78, 5) is 15.6. The molecule has 2 rings (SSSR count). The van der Waals surface area contributed by atoms with Gasteiger partial charge in [0.15, 0.2) is 0 Å². The van der Waals surface area contributed by atoms with Gasteiger partial charge in [0.25, 0.3) is 0 Å². The minimum absolute atomic E-state index is 0.143. The zero-order chi connectivity index (χ0) is 9.97. The number of fused-ring (bicyclic) bond motifs is 1. The summed E-state index contributed by atoms with van der Waals surface area (Å²) in [6, 6.07) is 0.486. The van der Waals surface area contributed by atoms with Gasteiger partial charge < -0.3 is 20.2 Å². The van der Waals surface area contributed by atoms with E-state index in [-0.39, 0.29) is 12.6 Å². The Morgan fingerprint density at radius 3 is 3.14 bits per heavy atom. The summed E-state index contributed by atoms with van der Waals surface area (Å²) >= 11 is 0. The van der Waals surface area contributed by atoms with E-state index in [0.717, 1.165) is 26.2 Å². The first-order chi connectivity index (χ1) is 6.83. The molecule has 80 valence electrons. The van der Waals surface area contributed by atoms with E-state index in [1.54, 1.807) is 0 Å². The van der Waals surface area contributed by atoms with Crippen LogP contribution in [0.1, 0.15) is 6.42 Å². The van der Waals surface area contributed by atoms with Crippen LogP contribution in [-0.4, -0.2) is 66.3 Å². The maximum atomic E-state index is 11.8. The summed E-state index contributed by atoms with van der Waals surface area (Å²) in [5.41, 5.74) is 0. The predicted molar refractivity (Wildman–Crippen MR) is 52.0 cm³/mol. The highest BCUT2D eigenvalue weighted by Crippen LogP contribution is 2.17. The number of nitrogens with one attached hydrogen (secondary N) is 1. The molecule has 0 spiro atoms. The predicted octanol–water partition coefficient (Wildman–Crippen LogP) is -0.922. The monoisotopic (exact) mass is 199 g/mol. The third-order valence-electron chi connectivity index (χ3n) is 2.88. The van der Waals surface area contributed by atoms with Crippen molar-refractivity contribution >= 4 is 6.03 Å². The van der Waals surface area contributed by atoms with Gasteiger partial charge in [0.05, 0.1) is 6.04 Å². The molecule has 2 saturated heterocycles. The highest BCUT2D eigenvalue weighted by atomic mass is 16.3. The van der Waals surface area contributed by atoms with E-state index in [0.29, 0.717) is 19.0 Å². The number of hydrogen-bond donors (Lipinski definition) is 2. The molecule has 0 aromatic carbocycles. The van der Waals surface area contributed by atoms with Gasteiger partial charge in [-0.2, -0.15) is 0 Å². The molecule has 2 heterocycles. The first-order valence-corrected chi connectivity index (χ1v) is 5.20. The van der Waals surface area contributed by atoms with E-state index in [9.17, 15) is 4.79 Å². The summed E-state index contributed by atoms with van der Waals surface area (Å²) < 4.78 is 0. The van der Waals surface area contributed by atoms with Crippen LogP contribution in [0.15, 0.2) is 0 Å². The summed E-state index contributed by atoms with van der Waals surface area (Å²) in [5.74, 6) is 0. The number of aliphatic hydroxyl groups is 1. The van der Waals surface area contributed by atoms with Crippen molar-refractivity contribution in [3.05, 3.63) is 0 Å². The van der Waals surface area contributed by atoms with Gasteiger partial charge in [0.2, 0.25) is 0 Å². The fourth-order valence-corrected chi connectivity index (χ4v) is 2.14. The van der Waals surface area contributed by atoms with Crippen molar-refractivity contribution in [1.82, 2.24) is 15.1 Å². The van der Waals surface area contributed by atoms with Crippen molar-refractivity contribution in [2.24, 2.45) is 0 Å². The number of urea groups is 1. The Labute approximate surface area is 83.7 Å². The Kier molecular flexibility index (Phi) is 2.88. The molecule has 14 heavy (non-hydrogen) atoms. The highest BCUT2D eigenvalue weighted by Gasteiger charge is 2.37. The molecule has 0 aliphatic carbocycles. The van der Waals surface area contributed by atoms with E-state index < -0.39 is 0 Å². The van der Waals surface area contributed by atoms with Crippen molar-refractivity contribution in [2.45, 2.75) is 12.5 Å². The zero-order valence-electron chi connectivity index (χ0n) is 8.28. The summed E-state index contributed by atoms with van der Waals surface area (Å²) in [7, 11) is 0. The second-order valence-electron chi connectivity index (χ2n) is 3.86. The number of rotatable bonds is 3. The molecule has 1 atom stereocenters. The highest BCUT2D eigenvalue weighted by molar-refractivity contribution is 5.77. The lowest BCUT2D eigenvalue weighted by atomic mass is 10.2. The molecule has 2 aliphatic rings. The Bertz CT molecular complexity index is 222. The van der Waals surface area contributed by atoms with Gasteiger partial charge in [0, 0.05) is 39.3 Å². The molecule has 0 saturated carbocycles. The van der Waals surface area contributed by atoms with Crippen molar-refractivity contribution in [3.8, 4) is 0 Å². The number of nitrogens with zero attached hydrogens (tertiary/aromatic N) is 2. The molecular formula is C9H17N3O2. The normalized spacial score (nSPS) is 26.9. The van der Waals surface area contributed by atoms with Gasteiger partial charge in [-0.15, -0.1) is 0 Å². The molecule has 2 fully saturated rings. The zero-order valence-corrected chi connectivity index (χ0v) is 8.28. The van der Waals surface area contributed by atoms with Crippen LogP contribution >= 0.6 is 0 Å². The van der Waals surface area contributed by atoms with Gasteiger partial charge in [-0.05, 0) is 6.42 Å². The van der Waals surface area contributed by atoms with E-state index in [4.69, 9.17) is 5.11 Å². The third kappa shape index (κ3) is 1.69. The van der Waals surface area contributed by atoms with Crippen molar-refractivity contribution in [3.63, 3.8) is 0 Å². The maximum absolute atomic E-state index is 11.8. The van der Waals surface area contributed by atoms with Crippen LogP contribution in [-0.2, 0) is 0 Å². The molecule has 2 aliphatic heterocycles. The Morgan fingerprint density at radius 1 is 1.57 bits per heavy atom. The van der Waals surface area contributed by atoms with Crippen molar-refractivity contribution in [1.29, 1.82) is 0 Å². The summed E-state index contributed by atoms with van der Waals surface area (Å²) in [6.45, 7) is 4.28. The van der Waals surface area contributed by atoms with Crippen molar-refractivity contribution < 1.29 is 9.90 Å². The van der Waals surface area contributed by atoms with Crippen LogP contribution in [0.3, 0.4) is 0 Å². The molecule has 0 radical (unpaired) electrons. The smallest absolute Gasteiger partial charge is 0.320 e. The molecule has 1 unspecified atom stereocenters. The first-order valence-electron chi connectivity index (χ1n) is 5.20. The second-order valence-corrected chi connectivity index (χ2v) is 3.86. The van der Waals surface area contributed by atoms with E-state index in [1.165, 1.54) is 0 Å². The molecule has 0 aromatic rings. The van der Waals surface area contributed by atoms with Gasteiger partial charge >= 0.3 is 6.03 Å². The standard InChI is InChI=1S/C9H17N3O2/c13-5-1-3-11-7-8-6-10-2-4-12(8)9(11)14/h8,10,13H,1-7H2. The maximum Gasteiger partial charge on any atom is 0.320 e. The quantitative estimate of drug-likeness (QED) is 0.618. The van der Waals surface area contributed by atoms with Crippen LogP contribution in [0.4, 0.5) is 4.79 Å². The first kappa shape index (κ1) is 9.73. The lowest BCUT2D eigenvalue weighted by Gasteiger charge is -2.28. The third-order valence-corrected chi connectivity index (χ3v) is 2.88. The van der Waals surface area contributed by atoms with Gasteiger partial charge in [-0.1, -0.05) is 0 Å². The summed E-state index contributed by atoms with van der Waals surface area (Å²) in [6.07, 6.45) is 0.680. The molecule has 5 nitrogen and oxygen atoms in total. The molecule has 0 aromatic heterocycles. The van der Waals surface area contributed by atoms with Crippen LogP contribution in [0.2, 0.25) is 0 Å². The van der Waals surface area contributed by atoms with E-state index in [1.807, 2.05) is 9.80 Å². The van der Waals surface area contributed by atoms with E-state index in [2.05, 4.69) is 5.32 Å². The fraction of sp³-hybridized carbons (Fsp3) is 0.889. The molecular weight excluding hydrogens is 182 g/mol. The molecule has 2 amide bonds. The Hall–Kier alpha value is -0.810. The Morgan fingerprint density at radius 2 is 2.43 bits per heavy atom. The van der Waals surface area contributed by atoms with Gasteiger partial charge in [-0.25, -0.2) is 4.79 Å². The number of amides is 2. The topological polar surface area (TPSA) is 55.8 Å². The van der Waals surface area contributed by atoms with Crippen molar-refractivity contribution in [2.75, 3.05) is 39.3 Å². The number of aliphatic hydroxyl groups excluding tert-OH is 1. The largest absolute Gasteiger partial charge is 0.396 e. The average Bonchev–Trinajstić information content (AvgIpc) is 2.54. The van der Waals surface area contributed by atoms with E-state index >= 15 is 0 Å². The Balaban J connectivity index is 1.92. The second kappa shape index (κ2) is 4.14. The fourth-order valence-electron chi connectivity index (χ4n) is 2.14. The summed E-state index contributed by atoms with van der Waals surface area (Å²) in [5, 5.41) is 12.0. The minimum atomic E-state index is 0.143. The van der Waals surface area contributed by atoms with Crippen LogP contribution in [0.5, 0.6) is 0 Å². The number of hydrogen-bond acceptors (Lipinski definition) is 3. The minimum Gasteiger partial charge on any atom is -0.396 e. The number of carbonyl (C=O) groups is 1. The van der Waals surface area contributed by atoms with Gasteiger partial charge in [-0.3, -0.25) is 0 Å². The van der Waals surface area contributed by atoms with Crippen LogP contribution in [0, 0.1) is 0 Å². The average molecular weight is 199 g/mol. The lowest BCUT2D eigenvalue weighted by molar-refractivity contribution is 0.176. The SMILES string of the molecule is O=C1N(CCCO)CC2CNCCN12. The number of piperazine rings is 1. The molecule has 0 bridgehead atoms.